The Morgan fingerprint density at radius 3 is 2.75 bits per heavy atom. The van der Waals surface area contributed by atoms with Crippen LogP contribution in [0, 0.1) is 17.2 Å². The summed E-state index contributed by atoms with van der Waals surface area (Å²) in [6.07, 6.45) is 2.27. The molecule has 3 aliphatic heterocycles. The SMILES string of the molecule is N#CC1(N2CCNCC2)CCN2CCC1C2. The van der Waals surface area contributed by atoms with Crippen LogP contribution in [-0.2, 0) is 0 Å². The first-order valence-electron chi connectivity index (χ1n) is 6.44. The third-order valence-electron chi connectivity index (χ3n) is 4.63. The highest BCUT2D eigenvalue weighted by Gasteiger charge is 2.50. The third kappa shape index (κ3) is 1.46. The number of rotatable bonds is 1. The van der Waals surface area contributed by atoms with Crippen molar-refractivity contribution in [3.05, 3.63) is 0 Å². The van der Waals surface area contributed by atoms with Crippen LogP contribution >= 0.6 is 0 Å². The van der Waals surface area contributed by atoms with E-state index in [0.717, 1.165) is 45.7 Å². The summed E-state index contributed by atoms with van der Waals surface area (Å²) in [6, 6.07) is 2.69. The topological polar surface area (TPSA) is 42.3 Å². The quantitative estimate of drug-likeness (QED) is 0.669. The fourth-order valence-corrected chi connectivity index (χ4v) is 3.66. The van der Waals surface area contributed by atoms with E-state index in [1.807, 2.05) is 0 Å². The smallest absolute Gasteiger partial charge is 0.114 e. The number of piperazine rings is 1. The standard InChI is InChI=1S/C12H20N4/c13-10-12(16-7-3-14-4-8-16)2-6-15-5-1-11(12)9-15/h11,14H,1-9H2. The number of fused-ring (bicyclic) bond motifs is 2. The predicted molar refractivity (Wildman–Crippen MR) is 62.0 cm³/mol. The van der Waals surface area contributed by atoms with Gasteiger partial charge in [0.25, 0.3) is 0 Å². The Kier molecular flexibility index (Phi) is 2.62. The first-order chi connectivity index (χ1) is 7.85. The van der Waals surface area contributed by atoms with Gasteiger partial charge in [-0.1, -0.05) is 0 Å². The van der Waals surface area contributed by atoms with Crippen LogP contribution in [0.1, 0.15) is 12.8 Å². The molecule has 3 unspecified atom stereocenters. The highest BCUT2D eigenvalue weighted by Crippen LogP contribution is 2.39. The van der Waals surface area contributed by atoms with Gasteiger partial charge in [-0.15, -0.1) is 0 Å². The van der Waals surface area contributed by atoms with E-state index in [9.17, 15) is 5.26 Å². The zero-order valence-electron chi connectivity index (χ0n) is 9.78. The summed E-state index contributed by atoms with van der Waals surface area (Å²) in [7, 11) is 0. The zero-order chi connectivity index (χ0) is 11.0. The van der Waals surface area contributed by atoms with Crippen LogP contribution in [-0.4, -0.2) is 61.2 Å². The van der Waals surface area contributed by atoms with Crippen molar-refractivity contribution in [3.8, 4) is 6.07 Å². The summed E-state index contributed by atoms with van der Waals surface area (Å²) in [5, 5.41) is 13.1. The van der Waals surface area contributed by atoms with E-state index in [1.54, 1.807) is 0 Å². The van der Waals surface area contributed by atoms with E-state index in [0.29, 0.717) is 5.92 Å². The zero-order valence-corrected chi connectivity index (χ0v) is 9.78. The molecule has 1 N–H and O–H groups in total. The molecule has 88 valence electrons. The second-order valence-electron chi connectivity index (χ2n) is 5.31. The minimum Gasteiger partial charge on any atom is -0.314 e. The Morgan fingerprint density at radius 1 is 1.19 bits per heavy atom. The van der Waals surface area contributed by atoms with Crippen LogP contribution in [0.4, 0.5) is 0 Å². The average molecular weight is 220 g/mol. The van der Waals surface area contributed by atoms with Crippen molar-refractivity contribution in [2.75, 3.05) is 45.8 Å². The lowest BCUT2D eigenvalue weighted by Gasteiger charge is -2.47. The summed E-state index contributed by atoms with van der Waals surface area (Å²) in [5.74, 6) is 0.587. The number of nitriles is 1. The van der Waals surface area contributed by atoms with Gasteiger partial charge in [0.1, 0.15) is 5.54 Å². The Balaban J connectivity index is 1.84. The molecule has 4 nitrogen and oxygen atoms in total. The minimum absolute atomic E-state index is 0.144. The van der Waals surface area contributed by atoms with Crippen molar-refractivity contribution in [2.24, 2.45) is 5.92 Å². The van der Waals surface area contributed by atoms with Crippen molar-refractivity contribution >= 4 is 0 Å². The van der Waals surface area contributed by atoms with Crippen LogP contribution in [0.3, 0.4) is 0 Å². The van der Waals surface area contributed by atoms with E-state index in [-0.39, 0.29) is 5.54 Å². The number of nitrogens with zero attached hydrogens (tertiary/aromatic N) is 3. The Labute approximate surface area is 97.2 Å². The van der Waals surface area contributed by atoms with Gasteiger partial charge in [-0.3, -0.25) is 4.90 Å². The van der Waals surface area contributed by atoms with Gasteiger partial charge in [-0.25, -0.2) is 0 Å². The summed E-state index contributed by atoms with van der Waals surface area (Å²) in [4.78, 5) is 4.97. The average Bonchev–Trinajstić information content (AvgIpc) is 2.76. The molecule has 0 aromatic carbocycles. The van der Waals surface area contributed by atoms with Crippen molar-refractivity contribution in [1.82, 2.24) is 15.1 Å². The molecule has 3 aliphatic rings. The molecule has 3 saturated heterocycles. The van der Waals surface area contributed by atoms with Crippen LogP contribution in [0.15, 0.2) is 0 Å². The van der Waals surface area contributed by atoms with Gasteiger partial charge in [0.05, 0.1) is 6.07 Å². The van der Waals surface area contributed by atoms with Gasteiger partial charge < -0.3 is 10.2 Å². The molecule has 3 atom stereocenters. The number of piperidine rings is 1. The molecule has 4 heteroatoms. The van der Waals surface area contributed by atoms with Crippen LogP contribution < -0.4 is 5.32 Å². The van der Waals surface area contributed by atoms with Crippen molar-refractivity contribution < 1.29 is 0 Å². The molecule has 0 radical (unpaired) electrons. The van der Waals surface area contributed by atoms with Crippen LogP contribution in [0.2, 0.25) is 0 Å². The highest BCUT2D eigenvalue weighted by molar-refractivity contribution is 5.17. The first-order valence-corrected chi connectivity index (χ1v) is 6.44. The molecule has 0 saturated carbocycles. The summed E-state index contributed by atoms with van der Waals surface area (Å²) in [5.41, 5.74) is -0.144. The molecule has 0 amide bonds. The minimum atomic E-state index is -0.144. The second-order valence-corrected chi connectivity index (χ2v) is 5.31. The molecule has 3 heterocycles. The summed E-state index contributed by atoms with van der Waals surface area (Å²) < 4.78 is 0. The number of hydrogen-bond acceptors (Lipinski definition) is 4. The van der Waals surface area contributed by atoms with Crippen molar-refractivity contribution in [1.29, 1.82) is 5.26 Å². The van der Waals surface area contributed by atoms with E-state index < -0.39 is 0 Å². The van der Waals surface area contributed by atoms with E-state index in [2.05, 4.69) is 21.2 Å². The molecular weight excluding hydrogens is 200 g/mol. The van der Waals surface area contributed by atoms with Crippen molar-refractivity contribution in [3.63, 3.8) is 0 Å². The van der Waals surface area contributed by atoms with Gasteiger partial charge in [0, 0.05) is 45.2 Å². The maximum absolute atomic E-state index is 9.68. The molecule has 0 aliphatic carbocycles. The molecule has 3 rings (SSSR count). The molecular formula is C12H20N4. The third-order valence-corrected chi connectivity index (χ3v) is 4.63. The van der Waals surface area contributed by atoms with Crippen LogP contribution in [0.25, 0.3) is 0 Å². The maximum Gasteiger partial charge on any atom is 0.114 e. The lowest BCUT2D eigenvalue weighted by molar-refractivity contribution is 0.0361. The number of hydrogen-bond donors (Lipinski definition) is 1. The van der Waals surface area contributed by atoms with Crippen LogP contribution in [0.5, 0.6) is 0 Å². The lowest BCUT2D eigenvalue weighted by atomic mass is 9.78. The number of nitrogens with one attached hydrogen (secondary N) is 1. The largest absolute Gasteiger partial charge is 0.314 e. The summed E-state index contributed by atoms with van der Waals surface area (Å²) in [6.45, 7) is 7.65. The molecule has 2 bridgehead atoms. The lowest BCUT2D eigenvalue weighted by Crippen LogP contribution is -2.61. The Bertz CT molecular complexity index is 305. The molecule has 0 aromatic heterocycles. The Hall–Kier alpha value is -0.630. The van der Waals surface area contributed by atoms with Gasteiger partial charge in [0.2, 0.25) is 0 Å². The second kappa shape index (κ2) is 3.99. The van der Waals surface area contributed by atoms with Gasteiger partial charge in [0.15, 0.2) is 0 Å². The fraction of sp³-hybridized carbons (Fsp3) is 0.917. The normalized spacial score (nSPS) is 44.2. The fourth-order valence-electron chi connectivity index (χ4n) is 3.66. The van der Waals surface area contributed by atoms with Gasteiger partial charge in [-0.2, -0.15) is 5.26 Å². The van der Waals surface area contributed by atoms with E-state index in [4.69, 9.17) is 0 Å². The molecule has 0 aromatic rings. The molecule has 16 heavy (non-hydrogen) atoms. The van der Waals surface area contributed by atoms with Crippen molar-refractivity contribution in [2.45, 2.75) is 18.4 Å². The Morgan fingerprint density at radius 2 is 2.00 bits per heavy atom. The molecule has 0 spiro atoms. The van der Waals surface area contributed by atoms with Gasteiger partial charge in [-0.05, 0) is 19.4 Å². The maximum atomic E-state index is 9.68. The van der Waals surface area contributed by atoms with Gasteiger partial charge >= 0.3 is 0 Å². The highest BCUT2D eigenvalue weighted by atomic mass is 15.3. The van der Waals surface area contributed by atoms with E-state index >= 15 is 0 Å². The van der Waals surface area contributed by atoms with E-state index in [1.165, 1.54) is 13.0 Å². The predicted octanol–water partition coefficient (Wildman–Crippen LogP) is -0.120. The summed E-state index contributed by atoms with van der Waals surface area (Å²) >= 11 is 0. The molecule has 3 fully saturated rings. The monoisotopic (exact) mass is 220 g/mol. The first kappa shape index (κ1) is 10.5.